The number of aryl methyl sites for hydroxylation is 1. The molecule has 0 fully saturated rings. The van der Waals surface area contributed by atoms with Gasteiger partial charge in [0, 0.05) is 5.69 Å². The average molecular weight is 303 g/mol. The number of hydrogen-bond acceptors (Lipinski definition) is 2. The van der Waals surface area contributed by atoms with E-state index in [9.17, 15) is 9.18 Å². The van der Waals surface area contributed by atoms with Crippen molar-refractivity contribution >= 4 is 22.4 Å². The lowest BCUT2D eigenvalue weighted by atomic mass is 10.1. The summed E-state index contributed by atoms with van der Waals surface area (Å²) in [5.41, 5.74) is 1.13. The number of benzene rings is 1. The SMILES string of the molecule is CCc1cc2cccc(Cl)c2c(=O)n1-c1ccc(F)nc1. The summed E-state index contributed by atoms with van der Waals surface area (Å²) in [4.78, 5) is 16.4. The van der Waals surface area contributed by atoms with Crippen LogP contribution in [0, 0.1) is 5.95 Å². The van der Waals surface area contributed by atoms with Gasteiger partial charge in [0.1, 0.15) is 0 Å². The molecule has 2 heterocycles. The van der Waals surface area contributed by atoms with Gasteiger partial charge in [-0.05, 0) is 36.1 Å². The third kappa shape index (κ3) is 2.32. The third-order valence-corrected chi connectivity index (χ3v) is 3.72. The van der Waals surface area contributed by atoms with Crippen molar-refractivity contribution in [3.05, 3.63) is 69.6 Å². The van der Waals surface area contributed by atoms with Gasteiger partial charge in [0.2, 0.25) is 5.95 Å². The lowest BCUT2D eigenvalue weighted by molar-refractivity contribution is 0.582. The summed E-state index contributed by atoms with van der Waals surface area (Å²) < 4.78 is 14.5. The van der Waals surface area contributed by atoms with E-state index in [1.165, 1.54) is 22.9 Å². The van der Waals surface area contributed by atoms with Crippen molar-refractivity contribution < 1.29 is 4.39 Å². The van der Waals surface area contributed by atoms with Crippen molar-refractivity contribution in [3.63, 3.8) is 0 Å². The zero-order chi connectivity index (χ0) is 15.0. The lowest BCUT2D eigenvalue weighted by Gasteiger charge is -2.13. The molecule has 3 rings (SSSR count). The molecule has 0 saturated carbocycles. The standard InChI is InChI=1S/C16H12ClFN2O/c1-2-11-8-10-4-3-5-13(17)15(10)16(21)20(11)12-6-7-14(18)19-9-12/h3-9H,2H2,1H3. The van der Waals surface area contributed by atoms with Gasteiger partial charge in [0.15, 0.2) is 0 Å². The van der Waals surface area contributed by atoms with Crippen molar-refractivity contribution in [1.82, 2.24) is 9.55 Å². The van der Waals surface area contributed by atoms with Crippen LogP contribution >= 0.6 is 11.6 Å². The van der Waals surface area contributed by atoms with Crippen LogP contribution in [0.15, 0.2) is 47.4 Å². The first-order chi connectivity index (χ1) is 10.1. The molecule has 0 aliphatic carbocycles. The number of pyridine rings is 2. The van der Waals surface area contributed by atoms with E-state index in [1.807, 2.05) is 25.1 Å². The van der Waals surface area contributed by atoms with E-state index in [0.29, 0.717) is 22.5 Å². The first kappa shape index (κ1) is 13.8. The van der Waals surface area contributed by atoms with Crippen LogP contribution in [-0.2, 0) is 6.42 Å². The van der Waals surface area contributed by atoms with E-state index in [2.05, 4.69) is 4.98 Å². The van der Waals surface area contributed by atoms with Crippen LogP contribution in [0.2, 0.25) is 5.02 Å². The highest BCUT2D eigenvalue weighted by molar-refractivity contribution is 6.35. The molecule has 0 atom stereocenters. The Kier molecular flexibility index (Phi) is 3.47. The van der Waals surface area contributed by atoms with Crippen molar-refractivity contribution in [2.75, 3.05) is 0 Å². The van der Waals surface area contributed by atoms with Crippen LogP contribution < -0.4 is 5.56 Å². The fourth-order valence-electron chi connectivity index (χ4n) is 2.42. The number of halogens is 2. The smallest absolute Gasteiger partial charge is 0.264 e. The first-order valence-electron chi connectivity index (χ1n) is 6.57. The van der Waals surface area contributed by atoms with Gasteiger partial charge in [-0.1, -0.05) is 30.7 Å². The van der Waals surface area contributed by atoms with Crippen LogP contribution in [0.5, 0.6) is 0 Å². The number of nitrogens with zero attached hydrogens (tertiary/aromatic N) is 2. The van der Waals surface area contributed by atoms with Gasteiger partial charge in [-0.15, -0.1) is 0 Å². The fraction of sp³-hybridized carbons (Fsp3) is 0.125. The van der Waals surface area contributed by atoms with Crippen molar-refractivity contribution in [2.24, 2.45) is 0 Å². The number of rotatable bonds is 2. The number of fused-ring (bicyclic) bond motifs is 1. The summed E-state index contributed by atoms with van der Waals surface area (Å²) in [6, 6.07) is 10.0. The molecular weight excluding hydrogens is 291 g/mol. The van der Waals surface area contributed by atoms with Crippen LogP contribution in [0.1, 0.15) is 12.6 Å². The third-order valence-electron chi connectivity index (χ3n) is 3.40. The topological polar surface area (TPSA) is 34.9 Å². The van der Waals surface area contributed by atoms with Gasteiger partial charge < -0.3 is 0 Å². The van der Waals surface area contributed by atoms with Crippen LogP contribution in [0.25, 0.3) is 16.5 Å². The summed E-state index contributed by atoms with van der Waals surface area (Å²) in [6.07, 6.45) is 2.01. The van der Waals surface area contributed by atoms with Gasteiger partial charge in [0.05, 0.1) is 22.3 Å². The first-order valence-corrected chi connectivity index (χ1v) is 6.94. The maximum absolute atomic E-state index is 13.0. The normalized spacial score (nSPS) is 11.0. The Bertz CT molecular complexity index is 872. The van der Waals surface area contributed by atoms with Crippen LogP contribution in [-0.4, -0.2) is 9.55 Å². The second kappa shape index (κ2) is 5.30. The number of hydrogen-bond donors (Lipinski definition) is 0. The molecule has 0 unspecified atom stereocenters. The molecule has 21 heavy (non-hydrogen) atoms. The minimum absolute atomic E-state index is 0.219. The molecule has 3 nitrogen and oxygen atoms in total. The van der Waals surface area contributed by atoms with Gasteiger partial charge in [-0.2, -0.15) is 4.39 Å². The zero-order valence-electron chi connectivity index (χ0n) is 11.3. The monoisotopic (exact) mass is 302 g/mol. The van der Waals surface area contributed by atoms with Crippen molar-refractivity contribution in [3.8, 4) is 5.69 Å². The van der Waals surface area contributed by atoms with Gasteiger partial charge in [-0.3, -0.25) is 9.36 Å². The number of aromatic nitrogens is 2. The molecule has 0 N–H and O–H groups in total. The van der Waals surface area contributed by atoms with Crippen LogP contribution in [0.3, 0.4) is 0 Å². The Balaban J connectivity index is 2.41. The molecule has 5 heteroatoms. The molecule has 0 bridgehead atoms. The van der Waals surface area contributed by atoms with E-state index in [1.54, 1.807) is 6.07 Å². The maximum Gasteiger partial charge on any atom is 0.264 e. The molecule has 0 spiro atoms. The second-order valence-electron chi connectivity index (χ2n) is 4.67. The Hall–Kier alpha value is -2.20. The van der Waals surface area contributed by atoms with E-state index in [0.717, 1.165) is 11.1 Å². The highest BCUT2D eigenvalue weighted by Gasteiger charge is 2.12. The Morgan fingerprint density at radius 3 is 2.76 bits per heavy atom. The molecule has 1 aromatic carbocycles. The molecule has 0 aliphatic rings. The predicted octanol–water partition coefficient (Wildman–Crippen LogP) is 3.74. The summed E-state index contributed by atoms with van der Waals surface area (Å²) in [5, 5.41) is 1.67. The Labute approximate surface area is 125 Å². The molecule has 3 aromatic rings. The summed E-state index contributed by atoms with van der Waals surface area (Å²) >= 11 is 6.15. The molecule has 106 valence electrons. The van der Waals surface area contributed by atoms with E-state index in [-0.39, 0.29) is 5.56 Å². The molecule has 2 aromatic heterocycles. The molecule has 0 radical (unpaired) electrons. The van der Waals surface area contributed by atoms with E-state index < -0.39 is 5.95 Å². The summed E-state index contributed by atoms with van der Waals surface area (Å²) in [7, 11) is 0. The summed E-state index contributed by atoms with van der Waals surface area (Å²) in [5.74, 6) is -0.580. The summed E-state index contributed by atoms with van der Waals surface area (Å²) in [6.45, 7) is 1.96. The van der Waals surface area contributed by atoms with Gasteiger partial charge in [0.25, 0.3) is 5.56 Å². The van der Waals surface area contributed by atoms with Crippen LogP contribution in [0.4, 0.5) is 4.39 Å². The fourth-order valence-corrected chi connectivity index (χ4v) is 2.68. The second-order valence-corrected chi connectivity index (χ2v) is 5.08. The Morgan fingerprint density at radius 2 is 2.10 bits per heavy atom. The molecule has 0 aliphatic heterocycles. The molecule has 0 amide bonds. The zero-order valence-corrected chi connectivity index (χ0v) is 12.1. The minimum Gasteiger partial charge on any atom is -0.279 e. The lowest BCUT2D eigenvalue weighted by Crippen LogP contribution is -2.22. The van der Waals surface area contributed by atoms with Crippen molar-refractivity contribution in [1.29, 1.82) is 0 Å². The van der Waals surface area contributed by atoms with Crippen molar-refractivity contribution in [2.45, 2.75) is 13.3 Å². The Morgan fingerprint density at radius 1 is 1.29 bits per heavy atom. The predicted molar refractivity (Wildman–Crippen MR) is 81.7 cm³/mol. The maximum atomic E-state index is 13.0. The molecule has 0 saturated heterocycles. The average Bonchev–Trinajstić information content (AvgIpc) is 2.48. The highest BCUT2D eigenvalue weighted by Crippen LogP contribution is 2.22. The quantitative estimate of drug-likeness (QED) is 0.676. The van der Waals surface area contributed by atoms with E-state index in [4.69, 9.17) is 11.6 Å². The van der Waals surface area contributed by atoms with E-state index >= 15 is 0 Å². The largest absolute Gasteiger partial charge is 0.279 e. The molecular formula is C16H12ClFN2O. The van der Waals surface area contributed by atoms with Gasteiger partial charge >= 0.3 is 0 Å². The minimum atomic E-state index is -0.580. The highest BCUT2D eigenvalue weighted by atomic mass is 35.5. The van der Waals surface area contributed by atoms with Gasteiger partial charge in [-0.25, -0.2) is 4.98 Å².